The predicted octanol–water partition coefficient (Wildman–Crippen LogP) is 3.62. The van der Waals surface area contributed by atoms with Crippen LogP contribution in [0.1, 0.15) is 18.4 Å². The first-order chi connectivity index (χ1) is 10.9. The van der Waals surface area contributed by atoms with Gasteiger partial charge in [-0.1, -0.05) is 43.0 Å². The molecular weight excluding hydrogens is 270 g/mol. The molecule has 1 aromatic rings. The van der Waals surface area contributed by atoms with E-state index in [0.29, 0.717) is 5.92 Å². The average molecular weight is 291 g/mol. The molecule has 1 aliphatic heterocycles. The quantitative estimate of drug-likeness (QED) is 0.667. The molecule has 22 heavy (non-hydrogen) atoms. The van der Waals surface area contributed by atoms with E-state index in [2.05, 4.69) is 64.4 Å². The normalized spacial score (nSPS) is 23.6. The van der Waals surface area contributed by atoms with Gasteiger partial charge in [0.2, 0.25) is 0 Å². The third kappa shape index (κ3) is 3.31. The van der Waals surface area contributed by atoms with E-state index in [9.17, 15) is 0 Å². The van der Waals surface area contributed by atoms with Gasteiger partial charge >= 0.3 is 0 Å². The van der Waals surface area contributed by atoms with Gasteiger partial charge in [-0.15, -0.1) is 0 Å². The lowest BCUT2D eigenvalue weighted by atomic mass is 9.85. The van der Waals surface area contributed by atoms with Gasteiger partial charge in [-0.05, 0) is 41.7 Å². The lowest BCUT2D eigenvalue weighted by molar-refractivity contribution is 0.704. The van der Waals surface area contributed by atoms with Crippen molar-refractivity contribution in [3.8, 4) is 0 Å². The molecule has 3 nitrogen and oxygen atoms in total. The molecule has 0 saturated carbocycles. The van der Waals surface area contributed by atoms with Gasteiger partial charge in [0.25, 0.3) is 0 Å². The maximum Gasteiger partial charge on any atom is 0.115 e. The molecule has 1 heterocycles. The molecule has 3 rings (SSSR count). The van der Waals surface area contributed by atoms with Crippen LogP contribution < -0.4 is 5.32 Å². The van der Waals surface area contributed by atoms with Crippen molar-refractivity contribution in [2.24, 2.45) is 15.9 Å². The van der Waals surface area contributed by atoms with E-state index in [0.717, 1.165) is 25.2 Å². The Hall–Kier alpha value is -2.26. The fourth-order valence-electron chi connectivity index (χ4n) is 3.02. The summed E-state index contributed by atoms with van der Waals surface area (Å²) >= 11 is 0. The number of nitrogens with zero attached hydrogens (tertiary/aromatic N) is 2. The zero-order valence-electron chi connectivity index (χ0n) is 12.7. The van der Waals surface area contributed by atoms with Gasteiger partial charge in [0.15, 0.2) is 0 Å². The zero-order valence-corrected chi connectivity index (χ0v) is 12.7. The van der Waals surface area contributed by atoms with Crippen molar-refractivity contribution >= 4 is 17.6 Å². The molecule has 3 heteroatoms. The molecule has 0 bridgehead atoms. The van der Waals surface area contributed by atoms with E-state index in [4.69, 9.17) is 0 Å². The summed E-state index contributed by atoms with van der Waals surface area (Å²) in [5, 5.41) is 3.45. The van der Waals surface area contributed by atoms with Crippen molar-refractivity contribution in [2.45, 2.75) is 12.8 Å². The molecule has 0 amide bonds. The number of nitrogens with one attached hydrogen (secondary N) is 1. The number of aliphatic imine (C=N–C) groups is 2. The largest absolute Gasteiger partial charge is 0.316 e. The van der Waals surface area contributed by atoms with Crippen molar-refractivity contribution < 1.29 is 0 Å². The van der Waals surface area contributed by atoms with Gasteiger partial charge < -0.3 is 5.32 Å². The Kier molecular flexibility index (Phi) is 4.76. The number of benzene rings is 1. The smallest absolute Gasteiger partial charge is 0.115 e. The summed E-state index contributed by atoms with van der Waals surface area (Å²) in [6, 6.07) is 10.5. The van der Waals surface area contributed by atoms with Crippen molar-refractivity contribution in [1.29, 1.82) is 0 Å². The molecule has 0 spiro atoms. The van der Waals surface area contributed by atoms with Crippen molar-refractivity contribution in [3.05, 3.63) is 66.4 Å². The third-order valence-corrected chi connectivity index (χ3v) is 4.15. The van der Waals surface area contributed by atoms with Gasteiger partial charge in [0.1, 0.15) is 6.34 Å². The van der Waals surface area contributed by atoms with Crippen LogP contribution in [0.2, 0.25) is 0 Å². The van der Waals surface area contributed by atoms with E-state index >= 15 is 0 Å². The minimum absolute atomic E-state index is 0.545. The van der Waals surface area contributed by atoms with Crippen molar-refractivity contribution in [1.82, 2.24) is 5.32 Å². The van der Waals surface area contributed by atoms with Crippen LogP contribution in [0.25, 0.3) is 5.57 Å². The molecule has 1 fully saturated rings. The summed E-state index contributed by atoms with van der Waals surface area (Å²) in [5.74, 6) is 0.545. The molecule has 1 aliphatic carbocycles. The van der Waals surface area contributed by atoms with Gasteiger partial charge in [-0.25, -0.2) is 9.98 Å². The van der Waals surface area contributed by atoms with Crippen LogP contribution in [0.15, 0.2) is 70.8 Å². The fourth-order valence-corrected chi connectivity index (χ4v) is 3.02. The Morgan fingerprint density at radius 2 is 2.09 bits per heavy atom. The van der Waals surface area contributed by atoms with E-state index in [1.165, 1.54) is 29.3 Å². The second kappa shape index (κ2) is 7.14. The molecule has 1 saturated heterocycles. The van der Waals surface area contributed by atoms with Crippen LogP contribution in [0.5, 0.6) is 0 Å². The average Bonchev–Trinajstić information content (AvgIpc) is 3.10. The van der Waals surface area contributed by atoms with Crippen LogP contribution >= 0.6 is 0 Å². The lowest BCUT2D eigenvalue weighted by Gasteiger charge is -2.20. The lowest BCUT2D eigenvalue weighted by Crippen LogP contribution is -2.18. The molecule has 1 unspecified atom stereocenters. The van der Waals surface area contributed by atoms with Gasteiger partial charge in [0.05, 0.1) is 0 Å². The van der Waals surface area contributed by atoms with Gasteiger partial charge in [-0.2, -0.15) is 0 Å². The summed E-state index contributed by atoms with van der Waals surface area (Å²) in [6.45, 7) is 5.70. The number of allylic oxidation sites excluding steroid dienone is 3. The molecule has 2 aliphatic rings. The van der Waals surface area contributed by atoms with Crippen LogP contribution in [-0.2, 0) is 0 Å². The Morgan fingerprint density at radius 1 is 1.23 bits per heavy atom. The van der Waals surface area contributed by atoms with E-state index in [-0.39, 0.29) is 0 Å². The molecule has 1 aromatic carbocycles. The number of hydrogen-bond acceptors (Lipinski definition) is 2. The highest BCUT2D eigenvalue weighted by Crippen LogP contribution is 2.30. The molecular formula is C19H21N3. The van der Waals surface area contributed by atoms with Crippen molar-refractivity contribution in [2.75, 3.05) is 13.1 Å². The maximum atomic E-state index is 4.54. The topological polar surface area (TPSA) is 36.8 Å². The zero-order chi connectivity index (χ0) is 15.2. The van der Waals surface area contributed by atoms with Gasteiger partial charge in [-0.3, -0.25) is 0 Å². The Balaban J connectivity index is 1.92. The van der Waals surface area contributed by atoms with Crippen LogP contribution in [0.4, 0.5) is 0 Å². The predicted molar refractivity (Wildman–Crippen MR) is 94.2 cm³/mol. The summed E-state index contributed by atoms with van der Waals surface area (Å²) in [4.78, 5) is 8.53. The molecule has 1 N–H and O–H groups in total. The van der Waals surface area contributed by atoms with Crippen LogP contribution in [-0.4, -0.2) is 25.1 Å². The summed E-state index contributed by atoms with van der Waals surface area (Å²) in [7, 11) is 0. The second-order valence-corrected chi connectivity index (χ2v) is 5.54. The highest BCUT2D eigenvalue weighted by Gasteiger charge is 2.24. The van der Waals surface area contributed by atoms with Gasteiger partial charge in [0, 0.05) is 24.9 Å². The van der Waals surface area contributed by atoms with E-state index in [1.807, 2.05) is 0 Å². The standard InChI is InChI=1S/C19H21N3/c1-2-20-14-22-19-9-8-16(15-6-4-3-5-7-15)12-18(19)17-10-11-21-13-17/h2-8,12,14,17,21H,1,9-11,13H2. The van der Waals surface area contributed by atoms with Crippen molar-refractivity contribution in [3.63, 3.8) is 0 Å². The first kappa shape index (κ1) is 14.7. The third-order valence-electron chi connectivity index (χ3n) is 4.15. The Morgan fingerprint density at radius 3 is 2.82 bits per heavy atom. The first-order valence-corrected chi connectivity index (χ1v) is 7.76. The maximum absolute atomic E-state index is 4.54. The molecule has 112 valence electrons. The highest BCUT2D eigenvalue weighted by molar-refractivity contribution is 6.09. The summed E-state index contributed by atoms with van der Waals surface area (Å²) in [5.41, 5.74) is 5.03. The molecule has 0 radical (unpaired) electrons. The highest BCUT2D eigenvalue weighted by atomic mass is 14.9. The van der Waals surface area contributed by atoms with Crippen LogP contribution in [0.3, 0.4) is 0 Å². The summed E-state index contributed by atoms with van der Waals surface area (Å²) in [6.07, 6.45) is 9.69. The molecule has 1 atom stereocenters. The minimum atomic E-state index is 0.545. The number of hydrogen-bond donors (Lipinski definition) is 1. The SMILES string of the molecule is C=CN=CN=C1CC=C(c2ccccc2)C=C1C1CCNC1. The van der Waals surface area contributed by atoms with Crippen LogP contribution in [0, 0.1) is 5.92 Å². The Bertz CT molecular complexity index is 645. The fraction of sp³-hybridized carbons (Fsp3) is 0.263. The van der Waals surface area contributed by atoms with E-state index < -0.39 is 0 Å². The Labute approximate surface area is 131 Å². The minimum Gasteiger partial charge on any atom is -0.316 e. The first-order valence-electron chi connectivity index (χ1n) is 7.76. The van der Waals surface area contributed by atoms with E-state index in [1.54, 1.807) is 6.34 Å². The second-order valence-electron chi connectivity index (χ2n) is 5.54. The summed E-state index contributed by atoms with van der Waals surface area (Å²) < 4.78 is 0. The monoisotopic (exact) mass is 291 g/mol. The molecule has 0 aromatic heterocycles. The number of rotatable bonds is 4.